The summed E-state index contributed by atoms with van der Waals surface area (Å²) in [4.78, 5) is 15.2. The smallest absolute Gasteiger partial charge is 0.234 e. The molecule has 0 saturated heterocycles. The van der Waals surface area contributed by atoms with E-state index >= 15 is 0 Å². The molecule has 0 radical (unpaired) electrons. The van der Waals surface area contributed by atoms with Crippen molar-refractivity contribution in [1.82, 2.24) is 14.8 Å². The molecule has 1 aliphatic carbocycles. The third kappa shape index (κ3) is 5.07. The van der Waals surface area contributed by atoms with Gasteiger partial charge in [0.25, 0.3) is 0 Å². The van der Waals surface area contributed by atoms with Gasteiger partial charge in [0, 0.05) is 23.9 Å². The average molecular weight is 491 g/mol. The van der Waals surface area contributed by atoms with Crippen molar-refractivity contribution in [3.8, 4) is 10.7 Å². The van der Waals surface area contributed by atoms with Crippen LogP contribution in [0.2, 0.25) is 0 Å². The summed E-state index contributed by atoms with van der Waals surface area (Å²) in [5.74, 6) is 1.59. The van der Waals surface area contributed by atoms with Crippen molar-refractivity contribution < 1.29 is 13.2 Å². The van der Waals surface area contributed by atoms with Crippen LogP contribution < -0.4 is 5.32 Å². The van der Waals surface area contributed by atoms with Crippen LogP contribution in [0.25, 0.3) is 10.7 Å². The lowest BCUT2D eigenvalue weighted by Gasteiger charge is -2.19. The lowest BCUT2D eigenvalue weighted by atomic mass is 9.87. The highest BCUT2D eigenvalue weighted by Crippen LogP contribution is 2.38. The first-order valence-corrected chi connectivity index (χ1v) is 14.2. The van der Waals surface area contributed by atoms with E-state index in [0.717, 1.165) is 35.7 Å². The summed E-state index contributed by atoms with van der Waals surface area (Å²) >= 11 is 3.12. The zero-order valence-corrected chi connectivity index (χ0v) is 20.7. The molecule has 7 nitrogen and oxygen atoms in total. The number of hydrogen-bond donors (Lipinski definition) is 1. The molecule has 0 aliphatic heterocycles. The number of aromatic nitrogens is 3. The summed E-state index contributed by atoms with van der Waals surface area (Å²) < 4.78 is 25.0. The number of nitrogens with one attached hydrogen (secondary N) is 1. The Bertz CT molecular complexity index is 1230. The fourth-order valence-electron chi connectivity index (χ4n) is 3.83. The molecule has 3 aromatic rings. The monoisotopic (exact) mass is 490 g/mol. The lowest BCUT2D eigenvalue weighted by Crippen LogP contribution is -2.14. The van der Waals surface area contributed by atoms with Gasteiger partial charge in [-0.2, -0.15) is 0 Å². The molecule has 0 saturated carbocycles. The minimum Gasteiger partial charge on any atom is -0.325 e. The molecule has 2 aromatic heterocycles. The molecular weight excluding hydrogens is 464 g/mol. The van der Waals surface area contributed by atoms with E-state index in [1.54, 1.807) is 23.5 Å². The Labute approximate surface area is 196 Å². The van der Waals surface area contributed by atoms with Crippen LogP contribution in [0, 0.1) is 5.92 Å². The zero-order valence-electron chi connectivity index (χ0n) is 18.3. The molecule has 1 aromatic carbocycles. The number of rotatable bonds is 7. The van der Waals surface area contributed by atoms with Crippen LogP contribution in [0.15, 0.2) is 40.4 Å². The van der Waals surface area contributed by atoms with Gasteiger partial charge in [-0.15, -0.1) is 21.5 Å². The minimum absolute atomic E-state index is 0.179. The van der Waals surface area contributed by atoms with E-state index in [0.29, 0.717) is 10.8 Å². The highest BCUT2D eigenvalue weighted by atomic mass is 32.2. The quantitative estimate of drug-likeness (QED) is 0.499. The first-order chi connectivity index (χ1) is 15.2. The van der Waals surface area contributed by atoms with E-state index in [4.69, 9.17) is 0 Å². The number of anilines is 1. The molecule has 1 unspecified atom stereocenters. The molecule has 170 valence electrons. The molecule has 4 rings (SSSR count). The molecule has 1 N–H and O–H groups in total. The summed E-state index contributed by atoms with van der Waals surface area (Å²) in [5.41, 5.74) is 2.00. The van der Waals surface area contributed by atoms with Crippen LogP contribution >= 0.6 is 23.1 Å². The summed E-state index contributed by atoms with van der Waals surface area (Å²) in [6, 6.07) is 8.39. The van der Waals surface area contributed by atoms with Crippen molar-refractivity contribution >= 4 is 44.5 Å². The topological polar surface area (TPSA) is 94.0 Å². The van der Waals surface area contributed by atoms with Crippen molar-refractivity contribution in [3.05, 3.63) is 40.8 Å². The number of fused-ring (bicyclic) bond motifs is 1. The van der Waals surface area contributed by atoms with Crippen LogP contribution in [-0.4, -0.2) is 41.1 Å². The van der Waals surface area contributed by atoms with Crippen LogP contribution in [-0.2, 0) is 34.5 Å². The number of amides is 1. The predicted octanol–water partition coefficient (Wildman–Crippen LogP) is 4.19. The SMILES string of the molecule is CCC1CCc2sc(-c3nnc(SCC(=O)Nc4ccc(S(C)(=O)=O)cc4)n3C)cc2C1. The number of aryl methyl sites for hydroxylation is 1. The Balaban J connectivity index is 1.38. The second kappa shape index (κ2) is 9.36. The fraction of sp³-hybridized carbons (Fsp3) is 0.409. The Hall–Kier alpha value is -2.17. The number of thioether (sulfide) groups is 1. The van der Waals surface area contributed by atoms with Gasteiger partial charge in [-0.3, -0.25) is 4.79 Å². The van der Waals surface area contributed by atoms with Gasteiger partial charge < -0.3 is 9.88 Å². The van der Waals surface area contributed by atoms with Gasteiger partial charge in [0.1, 0.15) is 0 Å². The second-order valence-electron chi connectivity index (χ2n) is 8.07. The van der Waals surface area contributed by atoms with Gasteiger partial charge in [0.2, 0.25) is 5.91 Å². The zero-order chi connectivity index (χ0) is 22.9. The summed E-state index contributed by atoms with van der Waals surface area (Å²) in [6.07, 6.45) is 5.92. The number of sulfone groups is 1. The minimum atomic E-state index is -3.26. The fourth-order valence-corrected chi connectivity index (χ4v) is 6.40. The highest BCUT2D eigenvalue weighted by Gasteiger charge is 2.22. The number of benzene rings is 1. The normalized spacial score (nSPS) is 16.0. The van der Waals surface area contributed by atoms with Crippen molar-refractivity contribution in [1.29, 1.82) is 0 Å². The van der Waals surface area contributed by atoms with Gasteiger partial charge in [-0.1, -0.05) is 25.1 Å². The number of nitrogens with zero attached hydrogens (tertiary/aromatic N) is 3. The molecule has 1 atom stereocenters. The van der Waals surface area contributed by atoms with Gasteiger partial charge in [0.05, 0.1) is 15.5 Å². The largest absolute Gasteiger partial charge is 0.325 e. The van der Waals surface area contributed by atoms with E-state index in [2.05, 4.69) is 28.5 Å². The molecule has 1 aliphatic rings. The Morgan fingerprint density at radius 3 is 2.72 bits per heavy atom. The van der Waals surface area contributed by atoms with Crippen molar-refractivity contribution in [2.45, 2.75) is 42.7 Å². The highest BCUT2D eigenvalue weighted by molar-refractivity contribution is 7.99. The number of hydrogen-bond acceptors (Lipinski definition) is 7. The maximum Gasteiger partial charge on any atom is 0.234 e. The third-order valence-electron chi connectivity index (χ3n) is 5.72. The Morgan fingerprint density at radius 2 is 2.03 bits per heavy atom. The predicted molar refractivity (Wildman–Crippen MR) is 129 cm³/mol. The van der Waals surface area contributed by atoms with E-state index < -0.39 is 9.84 Å². The molecule has 1 amide bonds. The molecule has 0 fully saturated rings. The summed E-state index contributed by atoms with van der Waals surface area (Å²) in [7, 11) is -1.34. The first kappa shape index (κ1) is 23.0. The molecule has 0 spiro atoms. The van der Waals surface area contributed by atoms with Gasteiger partial charge in [0.15, 0.2) is 20.8 Å². The van der Waals surface area contributed by atoms with Gasteiger partial charge in [-0.25, -0.2) is 8.42 Å². The van der Waals surface area contributed by atoms with Crippen molar-refractivity contribution in [2.24, 2.45) is 13.0 Å². The summed E-state index contributed by atoms with van der Waals surface area (Å²) in [5, 5.41) is 12.1. The van der Waals surface area contributed by atoms with Crippen molar-refractivity contribution in [3.63, 3.8) is 0 Å². The molecule has 2 heterocycles. The third-order valence-corrected chi connectivity index (χ3v) is 9.10. The molecule has 0 bridgehead atoms. The molecule has 10 heteroatoms. The Kier molecular flexibility index (Phi) is 6.73. The Morgan fingerprint density at radius 1 is 1.28 bits per heavy atom. The maximum absolute atomic E-state index is 12.3. The van der Waals surface area contributed by atoms with E-state index in [-0.39, 0.29) is 16.6 Å². The first-order valence-electron chi connectivity index (χ1n) is 10.5. The van der Waals surface area contributed by atoms with E-state index in [1.807, 2.05) is 11.6 Å². The number of carbonyl (C=O) groups excluding carboxylic acids is 1. The molecular formula is C22H26N4O3S3. The van der Waals surface area contributed by atoms with Crippen LogP contribution in [0.1, 0.15) is 30.2 Å². The van der Waals surface area contributed by atoms with E-state index in [9.17, 15) is 13.2 Å². The van der Waals surface area contributed by atoms with Crippen LogP contribution in [0.3, 0.4) is 0 Å². The van der Waals surface area contributed by atoms with Crippen molar-refractivity contribution in [2.75, 3.05) is 17.3 Å². The lowest BCUT2D eigenvalue weighted by molar-refractivity contribution is -0.113. The van der Waals surface area contributed by atoms with Crippen LogP contribution in [0.5, 0.6) is 0 Å². The maximum atomic E-state index is 12.3. The standard InChI is InChI=1S/C22H26N4O3S3/c1-4-14-5-10-18-15(11-14)12-19(31-18)21-24-25-22(26(21)2)30-13-20(27)23-16-6-8-17(9-7-16)32(3,28)29/h6-9,12,14H,4-5,10-11,13H2,1-3H3,(H,23,27). The van der Waals surface area contributed by atoms with Crippen LogP contribution in [0.4, 0.5) is 5.69 Å². The van der Waals surface area contributed by atoms with Gasteiger partial charge >= 0.3 is 0 Å². The number of carbonyl (C=O) groups is 1. The average Bonchev–Trinajstić information content (AvgIpc) is 3.34. The van der Waals surface area contributed by atoms with E-state index in [1.165, 1.54) is 47.2 Å². The molecule has 32 heavy (non-hydrogen) atoms. The summed E-state index contributed by atoms with van der Waals surface area (Å²) in [6.45, 7) is 2.26. The number of thiophene rings is 1. The second-order valence-corrected chi connectivity index (χ2v) is 12.2. The van der Waals surface area contributed by atoms with Gasteiger partial charge in [-0.05, 0) is 61.1 Å².